The predicted octanol–water partition coefficient (Wildman–Crippen LogP) is 13.1. The van der Waals surface area contributed by atoms with Crippen molar-refractivity contribution in [2.24, 2.45) is 0 Å². The van der Waals surface area contributed by atoms with Gasteiger partial charge in [-0.25, -0.2) is 0 Å². The number of rotatable bonds is 5. The van der Waals surface area contributed by atoms with Gasteiger partial charge < -0.3 is 0 Å². The van der Waals surface area contributed by atoms with Crippen LogP contribution in [0.3, 0.4) is 0 Å². The molecule has 7 aromatic carbocycles. The standard InChI is InChI=1S/C46H36S/c1-31-23-28-42-45(47-43-22-14-13-21-41(43)46(42,2)3)44(31)36-26-24-35(25-27-36)40-30-38(33-17-9-5-10-18-33)37(32-15-7-4-8-16-32)29-39(40)34-19-11-6-12-20-34/h4-30H,1-3H3. The van der Waals surface area contributed by atoms with E-state index >= 15 is 0 Å². The van der Waals surface area contributed by atoms with Crippen molar-refractivity contribution >= 4 is 11.8 Å². The van der Waals surface area contributed by atoms with Gasteiger partial charge in [-0.15, -0.1) is 0 Å². The quantitative estimate of drug-likeness (QED) is 0.184. The third-order valence-electron chi connectivity index (χ3n) is 9.71. The van der Waals surface area contributed by atoms with E-state index in [4.69, 9.17) is 0 Å². The van der Waals surface area contributed by atoms with Gasteiger partial charge in [-0.1, -0.05) is 171 Å². The van der Waals surface area contributed by atoms with Crippen LogP contribution < -0.4 is 0 Å². The van der Waals surface area contributed by atoms with Gasteiger partial charge in [0.1, 0.15) is 0 Å². The number of aryl methyl sites for hydroxylation is 1. The van der Waals surface area contributed by atoms with Gasteiger partial charge >= 0.3 is 0 Å². The lowest BCUT2D eigenvalue weighted by Gasteiger charge is -2.36. The molecule has 0 radical (unpaired) electrons. The number of hydrogen-bond donors (Lipinski definition) is 0. The van der Waals surface area contributed by atoms with E-state index in [0.29, 0.717) is 0 Å². The summed E-state index contributed by atoms with van der Waals surface area (Å²) in [5, 5.41) is 0. The van der Waals surface area contributed by atoms with E-state index in [0.717, 1.165) is 0 Å². The second-order valence-corrected chi connectivity index (χ2v) is 14.0. The van der Waals surface area contributed by atoms with Crippen LogP contribution in [0.1, 0.15) is 30.5 Å². The lowest BCUT2D eigenvalue weighted by Crippen LogP contribution is -2.24. The fourth-order valence-electron chi connectivity index (χ4n) is 7.19. The Balaban J connectivity index is 1.30. The van der Waals surface area contributed by atoms with E-state index in [1.807, 2.05) is 11.8 Å². The highest BCUT2D eigenvalue weighted by molar-refractivity contribution is 7.99. The first-order valence-corrected chi connectivity index (χ1v) is 17.2. The minimum Gasteiger partial charge on any atom is -0.0888 e. The summed E-state index contributed by atoms with van der Waals surface area (Å²) in [6.07, 6.45) is 0. The molecule has 1 heteroatoms. The fourth-order valence-corrected chi connectivity index (χ4v) is 8.80. The normalized spacial score (nSPS) is 13.1. The third kappa shape index (κ3) is 5.22. The molecule has 1 aliphatic rings. The van der Waals surface area contributed by atoms with Crippen LogP contribution in [0.2, 0.25) is 0 Å². The molecule has 0 aliphatic carbocycles. The van der Waals surface area contributed by atoms with Gasteiger partial charge in [0, 0.05) is 15.2 Å². The summed E-state index contributed by atoms with van der Waals surface area (Å²) in [6, 6.07) is 60.0. The van der Waals surface area contributed by atoms with E-state index in [1.54, 1.807) is 0 Å². The molecule has 0 saturated heterocycles. The lowest BCUT2D eigenvalue weighted by atomic mass is 9.76. The van der Waals surface area contributed by atoms with Crippen molar-refractivity contribution in [3.63, 3.8) is 0 Å². The molecule has 0 spiro atoms. The average molecular weight is 621 g/mol. The first kappa shape index (κ1) is 29.3. The summed E-state index contributed by atoms with van der Waals surface area (Å²) in [7, 11) is 0. The van der Waals surface area contributed by atoms with Crippen LogP contribution in [-0.4, -0.2) is 0 Å². The first-order chi connectivity index (χ1) is 23.0. The largest absolute Gasteiger partial charge is 0.0888 e. The van der Waals surface area contributed by atoms with Gasteiger partial charge in [-0.2, -0.15) is 0 Å². The minimum atomic E-state index is -0.0571. The molecule has 0 nitrogen and oxygen atoms in total. The molecule has 0 fully saturated rings. The Kier molecular flexibility index (Phi) is 7.43. The zero-order valence-corrected chi connectivity index (χ0v) is 27.8. The molecule has 7 aromatic rings. The van der Waals surface area contributed by atoms with Crippen molar-refractivity contribution in [2.75, 3.05) is 0 Å². The molecule has 0 unspecified atom stereocenters. The Morgan fingerprint density at radius 1 is 0.404 bits per heavy atom. The maximum Gasteiger partial charge on any atom is 0.0244 e. The zero-order chi connectivity index (χ0) is 32.0. The smallest absolute Gasteiger partial charge is 0.0244 e. The molecule has 1 aliphatic heterocycles. The first-order valence-electron chi connectivity index (χ1n) is 16.4. The maximum atomic E-state index is 2.40. The van der Waals surface area contributed by atoms with Crippen molar-refractivity contribution in [1.82, 2.24) is 0 Å². The molecule has 0 amide bonds. The van der Waals surface area contributed by atoms with Crippen LogP contribution >= 0.6 is 11.8 Å². The monoisotopic (exact) mass is 620 g/mol. The summed E-state index contributed by atoms with van der Waals surface area (Å²) < 4.78 is 0. The molecule has 226 valence electrons. The van der Waals surface area contributed by atoms with Crippen molar-refractivity contribution in [3.8, 4) is 55.6 Å². The molecule has 0 atom stereocenters. The summed E-state index contributed by atoms with van der Waals surface area (Å²) in [4.78, 5) is 2.73. The van der Waals surface area contributed by atoms with E-state index in [-0.39, 0.29) is 5.41 Å². The number of fused-ring (bicyclic) bond motifs is 2. The van der Waals surface area contributed by atoms with Gasteiger partial charge in [0.15, 0.2) is 0 Å². The summed E-state index contributed by atoms with van der Waals surface area (Å²) >= 11 is 1.92. The molecule has 0 saturated carbocycles. The molecule has 8 rings (SSSR count). The molecular formula is C46H36S. The minimum absolute atomic E-state index is 0.0571. The molecule has 0 aromatic heterocycles. The van der Waals surface area contributed by atoms with Crippen LogP contribution in [0.15, 0.2) is 174 Å². The van der Waals surface area contributed by atoms with Crippen LogP contribution in [-0.2, 0) is 5.41 Å². The Hall–Kier alpha value is -5.11. The molecule has 47 heavy (non-hydrogen) atoms. The van der Waals surface area contributed by atoms with E-state index < -0.39 is 0 Å². The van der Waals surface area contributed by atoms with E-state index in [9.17, 15) is 0 Å². The second kappa shape index (κ2) is 11.9. The number of hydrogen-bond acceptors (Lipinski definition) is 1. The van der Waals surface area contributed by atoms with Crippen molar-refractivity contribution in [3.05, 3.63) is 180 Å². The highest BCUT2D eigenvalue weighted by Gasteiger charge is 2.34. The summed E-state index contributed by atoms with van der Waals surface area (Å²) in [5.41, 5.74) is 16.5. The highest BCUT2D eigenvalue weighted by Crippen LogP contribution is 2.53. The van der Waals surface area contributed by atoms with Gasteiger partial charge in [0.05, 0.1) is 0 Å². The topological polar surface area (TPSA) is 0 Å². The van der Waals surface area contributed by atoms with Crippen LogP contribution in [0.4, 0.5) is 0 Å². The molecule has 0 bridgehead atoms. The average Bonchev–Trinajstić information content (AvgIpc) is 3.12. The Morgan fingerprint density at radius 2 is 0.830 bits per heavy atom. The molecule has 1 heterocycles. The van der Waals surface area contributed by atoms with Crippen molar-refractivity contribution < 1.29 is 0 Å². The lowest BCUT2D eigenvalue weighted by molar-refractivity contribution is 0.607. The second-order valence-electron chi connectivity index (χ2n) is 13.0. The van der Waals surface area contributed by atoms with Crippen LogP contribution in [0.25, 0.3) is 55.6 Å². The van der Waals surface area contributed by atoms with Gasteiger partial charge in [-0.05, 0) is 97.4 Å². The van der Waals surface area contributed by atoms with Crippen molar-refractivity contribution in [1.29, 1.82) is 0 Å². The third-order valence-corrected chi connectivity index (χ3v) is 10.9. The van der Waals surface area contributed by atoms with Crippen LogP contribution in [0, 0.1) is 6.92 Å². The predicted molar refractivity (Wildman–Crippen MR) is 201 cm³/mol. The SMILES string of the molecule is Cc1ccc2c(c1-c1ccc(-c3cc(-c4ccccc4)c(-c4ccccc4)cc3-c3ccccc3)cc1)Sc1ccccc1C2(C)C. The van der Waals surface area contributed by atoms with Gasteiger partial charge in [0.25, 0.3) is 0 Å². The summed E-state index contributed by atoms with van der Waals surface area (Å²) in [6.45, 7) is 6.97. The van der Waals surface area contributed by atoms with Crippen LogP contribution in [0.5, 0.6) is 0 Å². The van der Waals surface area contributed by atoms with E-state index in [1.165, 1.54) is 82.1 Å². The van der Waals surface area contributed by atoms with Gasteiger partial charge in [0.2, 0.25) is 0 Å². The van der Waals surface area contributed by atoms with Gasteiger partial charge in [-0.3, -0.25) is 0 Å². The van der Waals surface area contributed by atoms with E-state index in [2.05, 4.69) is 185 Å². The fraction of sp³-hybridized carbons (Fsp3) is 0.0870. The number of benzene rings is 7. The zero-order valence-electron chi connectivity index (χ0n) is 27.0. The Morgan fingerprint density at radius 3 is 1.34 bits per heavy atom. The molecular weight excluding hydrogens is 585 g/mol. The summed E-state index contributed by atoms with van der Waals surface area (Å²) in [5.74, 6) is 0. The highest BCUT2D eigenvalue weighted by atomic mass is 32.2. The Bertz CT molecular complexity index is 2210. The van der Waals surface area contributed by atoms with Crippen molar-refractivity contribution in [2.45, 2.75) is 36.0 Å². The maximum absolute atomic E-state index is 2.40. The molecule has 0 N–H and O–H groups in total. The Labute approximate surface area is 282 Å².